The first-order valence-corrected chi connectivity index (χ1v) is 11.0. The summed E-state index contributed by atoms with van der Waals surface area (Å²) in [6.45, 7) is 3.28. The minimum Gasteiger partial charge on any atom is -0.497 e. The van der Waals surface area contributed by atoms with Gasteiger partial charge in [-0.25, -0.2) is 0 Å². The molecule has 0 aromatic heterocycles. The third-order valence-corrected chi connectivity index (χ3v) is 5.33. The second-order valence-electron chi connectivity index (χ2n) is 7.61. The van der Waals surface area contributed by atoms with Gasteiger partial charge in [-0.1, -0.05) is 36.4 Å². The lowest BCUT2D eigenvalue weighted by molar-refractivity contribution is 0.0705. The maximum absolute atomic E-state index is 8.75. The van der Waals surface area contributed by atoms with Gasteiger partial charge in [-0.3, -0.25) is 0 Å². The van der Waals surface area contributed by atoms with Crippen LogP contribution in [0.25, 0.3) is 21.9 Å². The molecular weight excluding hydrogens is 416 g/mol. The van der Waals surface area contributed by atoms with Crippen LogP contribution in [0.1, 0.15) is 5.56 Å². The van der Waals surface area contributed by atoms with Crippen LogP contribution in [0.15, 0.2) is 78.9 Å². The van der Waals surface area contributed by atoms with Gasteiger partial charge in [-0.2, -0.15) is 0 Å². The van der Waals surface area contributed by atoms with E-state index in [1.54, 1.807) is 7.11 Å². The van der Waals surface area contributed by atoms with Crippen molar-refractivity contribution < 1.29 is 24.1 Å². The van der Waals surface area contributed by atoms with Crippen molar-refractivity contribution in [3.05, 3.63) is 84.4 Å². The van der Waals surface area contributed by atoms with E-state index in [-0.39, 0.29) is 6.61 Å². The average Bonchev–Trinajstić information content (AvgIpc) is 2.85. The molecule has 0 radical (unpaired) electrons. The zero-order valence-corrected chi connectivity index (χ0v) is 18.9. The lowest BCUT2D eigenvalue weighted by atomic mass is 9.94. The smallest absolute Gasteiger partial charge is 0.143 e. The Morgan fingerprint density at radius 1 is 0.758 bits per heavy atom. The van der Waals surface area contributed by atoms with Crippen LogP contribution in [0.5, 0.6) is 23.0 Å². The molecule has 170 valence electrons. The minimum atomic E-state index is 0.0113. The second-order valence-corrected chi connectivity index (χ2v) is 7.61. The van der Waals surface area contributed by atoms with Crippen LogP contribution in [0.2, 0.25) is 0 Å². The summed E-state index contributed by atoms with van der Waals surface area (Å²) in [5.74, 6) is 3.07. The molecular formula is C28H28O5. The van der Waals surface area contributed by atoms with E-state index in [2.05, 4.69) is 25.1 Å². The fourth-order valence-electron chi connectivity index (χ4n) is 3.79. The van der Waals surface area contributed by atoms with Crippen LogP contribution >= 0.6 is 0 Å². The zero-order chi connectivity index (χ0) is 23.0. The van der Waals surface area contributed by atoms with Crippen molar-refractivity contribution in [3.63, 3.8) is 0 Å². The van der Waals surface area contributed by atoms with Gasteiger partial charge in [0, 0.05) is 10.9 Å². The van der Waals surface area contributed by atoms with Gasteiger partial charge in [-0.05, 0) is 65.9 Å². The molecule has 0 bridgehead atoms. The van der Waals surface area contributed by atoms with E-state index in [1.807, 2.05) is 60.7 Å². The number of ether oxygens (including phenoxy) is 4. The molecule has 0 aliphatic rings. The van der Waals surface area contributed by atoms with Gasteiger partial charge < -0.3 is 24.1 Å². The molecule has 5 heteroatoms. The summed E-state index contributed by atoms with van der Waals surface area (Å²) in [5.41, 5.74) is 3.29. The molecule has 0 fully saturated rings. The standard InChI is InChI=1S/C28H28O5/c1-20-18-22-19-25(30-2)12-13-26(22)28(27(20)21-6-4-3-5-7-21)33-24-10-8-23(9-11-24)32-17-16-31-15-14-29/h3-13,18-19,29H,14-17H2,1-2H3. The monoisotopic (exact) mass is 444 g/mol. The van der Waals surface area contributed by atoms with Crippen LogP contribution in [-0.4, -0.2) is 38.6 Å². The molecule has 0 saturated carbocycles. The summed E-state index contributed by atoms with van der Waals surface area (Å²) in [6, 6.07) is 26.0. The topological polar surface area (TPSA) is 57.2 Å². The molecule has 4 rings (SSSR count). The molecule has 4 aromatic rings. The Hall–Kier alpha value is -3.54. The number of methoxy groups -OCH3 is 1. The second kappa shape index (κ2) is 10.9. The highest BCUT2D eigenvalue weighted by Gasteiger charge is 2.16. The van der Waals surface area contributed by atoms with Gasteiger partial charge >= 0.3 is 0 Å². The molecule has 4 aromatic carbocycles. The number of benzene rings is 4. The first-order valence-electron chi connectivity index (χ1n) is 11.0. The molecule has 0 saturated heterocycles. The Morgan fingerprint density at radius 2 is 1.48 bits per heavy atom. The molecule has 0 amide bonds. The number of aliphatic hydroxyl groups is 1. The highest BCUT2D eigenvalue weighted by molar-refractivity contribution is 5.97. The van der Waals surface area contributed by atoms with Gasteiger partial charge in [0.05, 0.1) is 26.9 Å². The molecule has 0 spiro atoms. The van der Waals surface area contributed by atoms with Gasteiger partial charge in [0.2, 0.25) is 0 Å². The van der Waals surface area contributed by atoms with Gasteiger partial charge in [0.15, 0.2) is 0 Å². The summed E-state index contributed by atoms with van der Waals surface area (Å²) >= 11 is 0. The summed E-state index contributed by atoms with van der Waals surface area (Å²) in [6.07, 6.45) is 0. The molecule has 33 heavy (non-hydrogen) atoms. The van der Waals surface area contributed by atoms with E-state index >= 15 is 0 Å². The molecule has 5 nitrogen and oxygen atoms in total. The Balaban J connectivity index is 1.66. The lowest BCUT2D eigenvalue weighted by Gasteiger charge is -2.18. The van der Waals surface area contributed by atoms with E-state index in [0.29, 0.717) is 19.8 Å². The fourth-order valence-corrected chi connectivity index (χ4v) is 3.79. The highest BCUT2D eigenvalue weighted by atomic mass is 16.5. The zero-order valence-electron chi connectivity index (χ0n) is 18.9. The van der Waals surface area contributed by atoms with Crippen LogP contribution < -0.4 is 14.2 Å². The number of hydrogen-bond donors (Lipinski definition) is 1. The maximum Gasteiger partial charge on any atom is 0.143 e. The SMILES string of the molecule is COc1ccc2c(Oc3ccc(OCCOCCO)cc3)c(-c3ccccc3)c(C)cc2c1. The number of rotatable bonds is 10. The molecule has 0 heterocycles. The Bertz CT molecular complexity index is 1190. The van der Waals surface area contributed by atoms with Crippen molar-refractivity contribution in [2.45, 2.75) is 6.92 Å². The van der Waals surface area contributed by atoms with E-state index in [1.165, 1.54) is 0 Å². The predicted octanol–water partition coefficient (Wildman–Crippen LogP) is 6.00. The van der Waals surface area contributed by atoms with Crippen molar-refractivity contribution >= 4 is 10.8 Å². The number of fused-ring (bicyclic) bond motifs is 1. The Morgan fingerprint density at radius 3 is 2.21 bits per heavy atom. The summed E-state index contributed by atoms with van der Waals surface area (Å²) in [5, 5.41) is 10.8. The average molecular weight is 445 g/mol. The fraction of sp³-hybridized carbons (Fsp3) is 0.214. The van der Waals surface area contributed by atoms with Gasteiger partial charge in [0.25, 0.3) is 0 Å². The highest BCUT2D eigenvalue weighted by Crippen LogP contribution is 2.43. The minimum absolute atomic E-state index is 0.0113. The Kier molecular flexibility index (Phi) is 7.45. The van der Waals surface area contributed by atoms with E-state index in [0.717, 1.165) is 50.5 Å². The van der Waals surface area contributed by atoms with E-state index in [4.69, 9.17) is 24.1 Å². The predicted molar refractivity (Wildman–Crippen MR) is 131 cm³/mol. The van der Waals surface area contributed by atoms with Crippen LogP contribution in [-0.2, 0) is 4.74 Å². The third-order valence-electron chi connectivity index (χ3n) is 5.33. The maximum atomic E-state index is 8.75. The summed E-state index contributed by atoms with van der Waals surface area (Å²) in [4.78, 5) is 0. The van der Waals surface area contributed by atoms with Crippen molar-refractivity contribution in [2.75, 3.05) is 33.5 Å². The largest absolute Gasteiger partial charge is 0.497 e. The molecule has 0 aliphatic carbocycles. The van der Waals surface area contributed by atoms with Gasteiger partial charge in [-0.15, -0.1) is 0 Å². The van der Waals surface area contributed by atoms with Crippen LogP contribution in [0.4, 0.5) is 0 Å². The number of aryl methyl sites for hydroxylation is 1. The first-order chi connectivity index (χ1) is 16.2. The molecule has 0 aliphatic heterocycles. The molecule has 1 N–H and O–H groups in total. The van der Waals surface area contributed by atoms with Crippen molar-refractivity contribution in [2.24, 2.45) is 0 Å². The van der Waals surface area contributed by atoms with E-state index < -0.39 is 0 Å². The van der Waals surface area contributed by atoms with E-state index in [9.17, 15) is 0 Å². The number of hydrogen-bond acceptors (Lipinski definition) is 5. The Labute approximate surface area is 194 Å². The van der Waals surface area contributed by atoms with Crippen molar-refractivity contribution in [3.8, 4) is 34.1 Å². The quantitative estimate of drug-likeness (QED) is 0.304. The normalized spacial score (nSPS) is 10.9. The van der Waals surface area contributed by atoms with Gasteiger partial charge in [0.1, 0.15) is 29.6 Å². The number of aliphatic hydroxyl groups excluding tert-OH is 1. The third kappa shape index (κ3) is 5.45. The first kappa shape index (κ1) is 22.6. The summed E-state index contributed by atoms with van der Waals surface area (Å²) in [7, 11) is 1.67. The molecule has 0 unspecified atom stereocenters. The van der Waals surface area contributed by atoms with Crippen molar-refractivity contribution in [1.82, 2.24) is 0 Å². The molecule has 0 atom stereocenters. The lowest BCUT2D eigenvalue weighted by Crippen LogP contribution is -2.09. The van der Waals surface area contributed by atoms with Crippen LogP contribution in [0.3, 0.4) is 0 Å². The van der Waals surface area contributed by atoms with Crippen LogP contribution in [0, 0.1) is 6.92 Å². The summed E-state index contributed by atoms with van der Waals surface area (Å²) < 4.78 is 22.8. The van der Waals surface area contributed by atoms with Crippen molar-refractivity contribution in [1.29, 1.82) is 0 Å².